The van der Waals surface area contributed by atoms with E-state index in [1.54, 1.807) is 24.4 Å². The van der Waals surface area contributed by atoms with Crippen LogP contribution in [-0.2, 0) is 11.3 Å². The number of anilines is 2. The maximum Gasteiger partial charge on any atom is 0.262 e. The number of benzene rings is 1. The van der Waals surface area contributed by atoms with Crippen LogP contribution in [0.3, 0.4) is 0 Å². The van der Waals surface area contributed by atoms with E-state index < -0.39 is 0 Å². The van der Waals surface area contributed by atoms with Gasteiger partial charge >= 0.3 is 0 Å². The van der Waals surface area contributed by atoms with Crippen molar-refractivity contribution in [2.75, 3.05) is 50.1 Å². The van der Waals surface area contributed by atoms with E-state index in [0.717, 1.165) is 37.6 Å². The number of piperazine rings is 1. The molecular formula is C20H23N5O3. The molecule has 1 aromatic carbocycles. The van der Waals surface area contributed by atoms with Crippen LogP contribution in [0.15, 0.2) is 36.5 Å². The van der Waals surface area contributed by atoms with Gasteiger partial charge in [-0.3, -0.25) is 9.59 Å². The fraction of sp³-hybridized carbons (Fsp3) is 0.350. The summed E-state index contributed by atoms with van der Waals surface area (Å²) in [5.41, 5.74) is 2.00. The summed E-state index contributed by atoms with van der Waals surface area (Å²) in [6.07, 6.45) is 1.80. The molecular weight excluding hydrogens is 358 g/mol. The smallest absolute Gasteiger partial charge is 0.262 e. The standard InChI is InChI=1S/C20H23N5O3/c1-24-6-8-25(9-7-24)18-5-2-14(11-21-18)12-22-20(27)15-3-4-16-17(10-15)28-13-19(26)23-16/h2-5,10-11H,6-9,12-13H2,1H3,(H,22,27)(H,23,26). The van der Waals surface area contributed by atoms with Gasteiger partial charge in [0, 0.05) is 44.5 Å². The quantitative estimate of drug-likeness (QED) is 0.825. The number of likely N-dealkylation sites (N-methyl/N-ethyl adjacent to an activating group) is 1. The number of nitrogens with one attached hydrogen (secondary N) is 2. The van der Waals surface area contributed by atoms with Crippen molar-refractivity contribution in [2.24, 2.45) is 0 Å². The van der Waals surface area contributed by atoms with Crippen molar-refractivity contribution in [3.8, 4) is 5.75 Å². The highest BCUT2D eigenvalue weighted by Gasteiger charge is 2.18. The van der Waals surface area contributed by atoms with Gasteiger partial charge in [0.25, 0.3) is 11.8 Å². The van der Waals surface area contributed by atoms with Crippen molar-refractivity contribution >= 4 is 23.3 Å². The Bertz CT molecular complexity index is 876. The number of rotatable bonds is 4. The van der Waals surface area contributed by atoms with E-state index in [-0.39, 0.29) is 18.4 Å². The summed E-state index contributed by atoms with van der Waals surface area (Å²) in [6.45, 7) is 4.37. The van der Waals surface area contributed by atoms with E-state index in [0.29, 0.717) is 23.5 Å². The fourth-order valence-corrected chi connectivity index (χ4v) is 3.24. The van der Waals surface area contributed by atoms with Crippen LogP contribution in [0.4, 0.5) is 11.5 Å². The molecule has 1 aromatic heterocycles. The number of hydrogen-bond donors (Lipinski definition) is 2. The summed E-state index contributed by atoms with van der Waals surface area (Å²) in [4.78, 5) is 32.9. The van der Waals surface area contributed by atoms with Crippen LogP contribution in [0, 0.1) is 0 Å². The number of carbonyl (C=O) groups excluding carboxylic acids is 2. The zero-order valence-electron chi connectivity index (χ0n) is 15.8. The number of hydrogen-bond acceptors (Lipinski definition) is 6. The second-order valence-electron chi connectivity index (χ2n) is 7.05. The lowest BCUT2D eigenvalue weighted by Gasteiger charge is -2.33. The average Bonchev–Trinajstić information content (AvgIpc) is 2.72. The van der Waals surface area contributed by atoms with E-state index in [9.17, 15) is 9.59 Å². The third-order valence-electron chi connectivity index (χ3n) is 4.97. The zero-order valence-corrected chi connectivity index (χ0v) is 15.8. The Morgan fingerprint density at radius 2 is 2.04 bits per heavy atom. The summed E-state index contributed by atoms with van der Waals surface area (Å²) in [6, 6.07) is 8.97. The molecule has 8 heteroatoms. The molecule has 146 valence electrons. The van der Waals surface area contributed by atoms with Crippen molar-refractivity contribution in [3.63, 3.8) is 0 Å². The largest absolute Gasteiger partial charge is 0.482 e. The molecule has 1 saturated heterocycles. The van der Waals surface area contributed by atoms with E-state index in [2.05, 4.69) is 32.5 Å². The normalized spacial score (nSPS) is 16.8. The number of nitrogens with zero attached hydrogens (tertiary/aromatic N) is 3. The minimum Gasteiger partial charge on any atom is -0.482 e. The lowest BCUT2D eigenvalue weighted by Crippen LogP contribution is -2.44. The Kier molecular flexibility index (Phi) is 5.12. The molecule has 0 bridgehead atoms. The number of ether oxygens (including phenoxy) is 1. The second kappa shape index (κ2) is 7.85. The summed E-state index contributed by atoms with van der Waals surface area (Å²) in [5.74, 6) is 1.08. The van der Waals surface area contributed by atoms with Gasteiger partial charge in [0.15, 0.2) is 6.61 Å². The van der Waals surface area contributed by atoms with Gasteiger partial charge in [0.1, 0.15) is 11.6 Å². The molecule has 0 atom stereocenters. The highest BCUT2D eigenvalue weighted by molar-refractivity contribution is 5.98. The van der Waals surface area contributed by atoms with E-state index in [1.807, 2.05) is 12.1 Å². The number of carbonyl (C=O) groups is 2. The van der Waals surface area contributed by atoms with Crippen molar-refractivity contribution < 1.29 is 14.3 Å². The molecule has 0 saturated carbocycles. The maximum atomic E-state index is 12.4. The molecule has 8 nitrogen and oxygen atoms in total. The van der Waals surface area contributed by atoms with E-state index in [1.165, 1.54) is 0 Å². The average molecular weight is 381 g/mol. The SMILES string of the molecule is CN1CCN(c2ccc(CNC(=O)c3ccc4c(c3)OCC(=O)N4)cn2)CC1. The molecule has 0 unspecified atom stereocenters. The first-order valence-electron chi connectivity index (χ1n) is 9.32. The topological polar surface area (TPSA) is 86.8 Å². The molecule has 0 spiro atoms. The Labute approximate surface area is 163 Å². The van der Waals surface area contributed by atoms with Crippen LogP contribution < -0.4 is 20.3 Å². The predicted octanol–water partition coefficient (Wildman–Crippen LogP) is 1.09. The van der Waals surface area contributed by atoms with E-state index in [4.69, 9.17) is 4.74 Å². The first-order chi connectivity index (χ1) is 13.6. The third kappa shape index (κ3) is 4.07. The summed E-state index contributed by atoms with van der Waals surface area (Å²) >= 11 is 0. The van der Waals surface area contributed by atoms with Gasteiger partial charge in [0.2, 0.25) is 0 Å². The molecule has 3 heterocycles. The molecule has 2 amide bonds. The molecule has 1 fully saturated rings. The van der Waals surface area contributed by atoms with Crippen LogP contribution in [-0.4, -0.2) is 61.5 Å². The van der Waals surface area contributed by atoms with Crippen molar-refractivity contribution in [2.45, 2.75) is 6.54 Å². The Hall–Kier alpha value is -3.13. The molecule has 2 N–H and O–H groups in total. The monoisotopic (exact) mass is 381 g/mol. The molecule has 0 aliphatic carbocycles. The van der Waals surface area contributed by atoms with Crippen LogP contribution in [0.5, 0.6) is 5.75 Å². The third-order valence-corrected chi connectivity index (χ3v) is 4.97. The van der Waals surface area contributed by atoms with Crippen molar-refractivity contribution in [3.05, 3.63) is 47.7 Å². The lowest BCUT2D eigenvalue weighted by atomic mass is 10.1. The number of fused-ring (bicyclic) bond motifs is 1. The van der Waals surface area contributed by atoms with Gasteiger partial charge in [-0.05, 0) is 36.9 Å². The van der Waals surface area contributed by atoms with Gasteiger partial charge in [-0.15, -0.1) is 0 Å². The Morgan fingerprint density at radius 3 is 2.79 bits per heavy atom. The second-order valence-corrected chi connectivity index (χ2v) is 7.05. The molecule has 4 rings (SSSR count). The Morgan fingerprint density at radius 1 is 1.21 bits per heavy atom. The molecule has 0 radical (unpaired) electrons. The van der Waals surface area contributed by atoms with Crippen molar-refractivity contribution in [1.29, 1.82) is 0 Å². The van der Waals surface area contributed by atoms with Crippen LogP contribution in [0.1, 0.15) is 15.9 Å². The van der Waals surface area contributed by atoms with Gasteiger partial charge < -0.3 is 25.2 Å². The van der Waals surface area contributed by atoms with Gasteiger partial charge in [-0.1, -0.05) is 6.07 Å². The zero-order chi connectivity index (χ0) is 19.5. The van der Waals surface area contributed by atoms with Crippen LogP contribution >= 0.6 is 0 Å². The van der Waals surface area contributed by atoms with Gasteiger partial charge in [-0.2, -0.15) is 0 Å². The van der Waals surface area contributed by atoms with Crippen LogP contribution in [0.25, 0.3) is 0 Å². The minimum atomic E-state index is -0.202. The minimum absolute atomic E-state index is 0.0383. The summed E-state index contributed by atoms with van der Waals surface area (Å²) in [5, 5.41) is 5.60. The summed E-state index contributed by atoms with van der Waals surface area (Å²) in [7, 11) is 2.13. The van der Waals surface area contributed by atoms with Crippen LogP contribution in [0.2, 0.25) is 0 Å². The highest BCUT2D eigenvalue weighted by Crippen LogP contribution is 2.28. The van der Waals surface area contributed by atoms with Gasteiger partial charge in [-0.25, -0.2) is 4.98 Å². The first kappa shape index (κ1) is 18.2. The van der Waals surface area contributed by atoms with E-state index >= 15 is 0 Å². The number of pyridine rings is 1. The maximum absolute atomic E-state index is 12.4. The van der Waals surface area contributed by atoms with Gasteiger partial charge in [0.05, 0.1) is 5.69 Å². The molecule has 2 aromatic rings. The Balaban J connectivity index is 1.34. The molecule has 28 heavy (non-hydrogen) atoms. The molecule has 2 aliphatic rings. The predicted molar refractivity (Wildman–Crippen MR) is 106 cm³/mol. The number of aromatic nitrogens is 1. The van der Waals surface area contributed by atoms with Crippen molar-refractivity contribution in [1.82, 2.24) is 15.2 Å². The lowest BCUT2D eigenvalue weighted by molar-refractivity contribution is -0.118. The highest BCUT2D eigenvalue weighted by atomic mass is 16.5. The molecule has 2 aliphatic heterocycles. The summed E-state index contributed by atoms with van der Waals surface area (Å²) < 4.78 is 5.36. The fourth-order valence-electron chi connectivity index (χ4n) is 3.24. The number of amides is 2. The first-order valence-corrected chi connectivity index (χ1v) is 9.32.